The fourth-order valence-electron chi connectivity index (χ4n) is 1.86. The number of rotatable bonds is 6. The van der Waals surface area contributed by atoms with Gasteiger partial charge in [0.2, 0.25) is 0 Å². The van der Waals surface area contributed by atoms with Crippen LogP contribution in [0.3, 0.4) is 0 Å². The van der Waals surface area contributed by atoms with Crippen molar-refractivity contribution < 1.29 is 9.53 Å². The van der Waals surface area contributed by atoms with Crippen molar-refractivity contribution in [1.29, 1.82) is 0 Å². The first-order chi connectivity index (χ1) is 10.2. The number of carbonyl (C=O) groups is 1. The van der Waals surface area contributed by atoms with E-state index in [9.17, 15) is 4.79 Å². The number of nitrogens with zero attached hydrogens (tertiary/aromatic N) is 3. The van der Waals surface area contributed by atoms with Crippen LogP contribution in [0.5, 0.6) is 0 Å². The Kier molecular flexibility index (Phi) is 5.35. The van der Waals surface area contributed by atoms with Gasteiger partial charge in [-0.2, -0.15) is 0 Å². The molecule has 2 aromatic rings. The smallest absolute Gasteiger partial charge is 0.337 e. The van der Waals surface area contributed by atoms with Crippen LogP contribution in [0.2, 0.25) is 0 Å². The van der Waals surface area contributed by atoms with Crippen molar-refractivity contribution in [1.82, 2.24) is 14.8 Å². The number of hydrogen-bond donors (Lipinski definition) is 1. The van der Waals surface area contributed by atoms with E-state index >= 15 is 0 Å². The summed E-state index contributed by atoms with van der Waals surface area (Å²) < 4.78 is 6.68. The molecule has 0 aliphatic carbocycles. The third-order valence-electron chi connectivity index (χ3n) is 3.00. The number of methoxy groups -OCH3 is 1. The van der Waals surface area contributed by atoms with E-state index in [1.54, 1.807) is 23.9 Å². The van der Waals surface area contributed by atoms with Crippen LogP contribution in [0, 0.1) is 6.92 Å². The summed E-state index contributed by atoms with van der Waals surface area (Å²) in [7, 11) is 1.37. The molecule has 0 spiro atoms. The number of ether oxygens (including phenoxy) is 1. The molecular weight excluding hydrogens is 288 g/mol. The summed E-state index contributed by atoms with van der Waals surface area (Å²) >= 11 is 1.60. The van der Waals surface area contributed by atoms with Crippen LogP contribution < -0.4 is 5.73 Å². The molecule has 0 bridgehead atoms. The maximum atomic E-state index is 11.4. The highest BCUT2D eigenvalue weighted by molar-refractivity contribution is 7.98. The Morgan fingerprint density at radius 1 is 1.33 bits per heavy atom. The van der Waals surface area contributed by atoms with Crippen molar-refractivity contribution in [2.45, 2.75) is 24.4 Å². The number of nitrogens with two attached hydrogens (primary N) is 1. The van der Waals surface area contributed by atoms with E-state index in [4.69, 9.17) is 5.73 Å². The van der Waals surface area contributed by atoms with Gasteiger partial charge in [-0.25, -0.2) is 4.79 Å². The molecule has 0 radical (unpaired) electrons. The lowest BCUT2D eigenvalue weighted by molar-refractivity contribution is 0.0600. The normalized spacial score (nSPS) is 10.6. The number of aryl methyl sites for hydroxylation is 1. The van der Waals surface area contributed by atoms with E-state index < -0.39 is 0 Å². The third-order valence-corrected chi connectivity index (χ3v) is 4.04. The van der Waals surface area contributed by atoms with E-state index in [2.05, 4.69) is 14.9 Å². The van der Waals surface area contributed by atoms with Crippen LogP contribution in [0.1, 0.15) is 21.7 Å². The van der Waals surface area contributed by atoms with Gasteiger partial charge in [-0.05, 0) is 24.6 Å². The van der Waals surface area contributed by atoms with Crippen LogP contribution in [0.25, 0.3) is 0 Å². The molecule has 1 aromatic carbocycles. The van der Waals surface area contributed by atoms with E-state index in [0.717, 1.165) is 22.3 Å². The number of thioether (sulfide) groups is 1. The Morgan fingerprint density at radius 2 is 2.05 bits per heavy atom. The van der Waals surface area contributed by atoms with Crippen molar-refractivity contribution in [3.8, 4) is 0 Å². The minimum Gasteiger partial charge on any atom is -0.465 e. The highest BCUT2D eigenvalue weighted by atomic mass is 32.2. The molecule has 21 heavy (non-hydrogen) atoms. The van der Waals surface area contributed by atoms with Crippen molar-refractivity contribution in [3.05, 3.63) is 41.2 Å². The van der Waals surface area contributed by atoms with Crippen molar-refractivity contribution in [2.24, 2.45) is 5.73 Å². The first kappa shape index (κ1) is 15.5. The second kappa shape index (κ2) is 7.24. The fourth-order valence-corrected chi connectivity index (χ4v) is 2.82. The largest absolute Gasteiger partial charge is 0.465 e. The van der Waals surface area contributed by atoms with Crippen LogP contribution in [0.4, 0.5) is 0 Å². The summed E-state index contributed by atoms with van der Waals surface area (Å²) in [5.41, 5.74) is 7.25. The number of carbonyl (C=O) groups excluding carboxylic acids is 1. The van der Waals surface area contributed by atoms with Gasteiger partial charge in [0, 0.05) is 18.8 Å². The predicted molar refractivity (Wildman–Crippen MR) is 81.2 cm³/mol. The van der Waals surface area contributed by atoms with Crippen molar-refractivity contribution in [2.75, 3.05) is 13.7 Å². The summed E-state index contributed by atoms with van der Waals surface area (Å²) in [6.45, 7) is 3.18. The van der Waals surface area contributed by atoms with Gasteiger partial charge in [-0.1, -0.05) is 23.9 Å². The molecule has 0 amide bonds. The Balaban J connectivity index is 2.01. The van der Waals surface area contributed by atoms with Crippen LogP contribution >= 0.6 is 11.8 Å². The standard InChI is InChI=1S/C14H18N4O2S/c1-10-16-17-14(18(10)8-7-15)21-9-11-3-5-12(6-4-11)13(19)20-2/h3-6H,7-9,15H2,1-2H3. The van der Waals surface area contributed by atoms with Gasteiger partial charge in [0.25, 0.3) is 0 Å². The molecule has 0 aliphatic heterocycles. The molecule has 0 unspecified atom stereocenters. The molecule has 0 saturated heterocycles. The maximum absolute atomic E-state index is 11.4. The quantitative estimate of drug-likeness (QED) is 0.645. The lowest BCUT2D eigenvalue weighted by Crippen LogP contribution is -2.12. The SMILES string of the molecule is COC(=O)c1ccc(CSc2nnc(C)n2CCN)cc1. The average Bonchev–Trinajstić information content (AvgIpc) is 2.86. The molecule has 0 atom stereocenters. The monoisotopic (exact) mass is 306 g/mol. The van der Waals surface area contributed by atoms with Crippen LogP contribution in [-0.4, -0.2) is 34.4 Å². The maximum Gasteiger partial charge on any atom is 0.337 e. The van der Waals surface area contributed by atoms with Gasteiger partial charge in [-0.3, -0.25) is 0 Å². The van der Waals surface area contributed by atoms with Gasteiger partial charge in [0.05, 0.1) is 12.7 Å². The zero-order valence-electron chi connectivity index (χ0n) is 12.1. The average molecular weight is 306 g/mol. The lowest BCUT2D eigenvalue weighted by Gasteiger charge is -2.06. The van der Waals surface area contributed by atoms with E-state index in [1.807, 2.05) is 23.6 Å². The van der Waals surface area contributed by atoms with Gasteiger partial charge in [0.1, 0.15) is 5.82 Å². The van der Waals surface area contributed by atoms with Crippen LogP contribution in [-0.2, 0) is 17.0 Å². The highest BCUT2D eigenvalue weighted by Crippen LogP contribution is 2.22. The van der Waals surface area contributed by atoms with Gasteiger partial charge < -0.3 is 15.0 Å². The number of benzene rings is 1. The molecule has 112 valence electrons. The number of aromatic nitrogens is 3. The topological polar surface area (TPSA) is 83.0 Å². The van der Waals surface area contributed by atoms with Crippen molar-refractivity contribution in [3.63, 3.8) is 0 Å². The molecule has 0 fully saturated rings. The Bertz CT molecular complexity index is 610. The molecule has 2 N–H and O–H groups in total. The Morgan fingerprint density at radius 3 is 2.67 bits per heavy atom. The minimum absolute atomic E-state index is 0.326. The van der Waals surface area contributed by atoms with Gasteiger partial charge in [0.15, 0.2) is 5.16 Å². The second-order valence-corrected chi connectivity index (χ2v) is 5.39. The minimum atomic E-state index is -0.326. The molecule has 2 rings (SSSR count). The second-order valence-electron chi connectivity index (χ2n) is 4.45. The first-order valence-electron chi connectivity index (χ1n) is 6.55. The highest BCUT2D eigenvalue weighted by Gasteiger charge is 2.09. The van der Waals surface area contributed by atoms with Gasteiger partial charge >= 0.3 is 5.97 Å². The molecule has 1 aromatic heterocycles. The molecular formula is C14H18N4O2S. The number of esters is 1. The summed E-state index contributed by atoms with van der Waals surface area (Å²) in [6, 6.07) is 7.35. The summed E-state index contributed by atoms with van der Waals surface area (Å²) in [5, 5.41) is 9.08. The summed E-state index contributed by atoms with van der Waals surface area (Å²) in [5.74, 6) is 1.29. The molecule has 0 aliphatic rings. The first-order valence-corrected chi connectivity index (χ1v) is 7.54. The third kappa shape index (κ3) is 3.83. The molecule has 6 nitrogen and oxygen atoms in total. The van der Waals surface area contributed by atoms with E-state index in [-0.39, 0.29) is 5.97 Å². The summed E-state index contributed by atoms with van der Waals surface area (Å²) in [6.07, 6.45) is 0. The zero-order chi connectivity index (χ0) is 15.2. The van der Waals surface area contributed by atoms with Crippen molar-refractivity contribution >= 4 is 17.7 Å². The molecule has 0 saturated carbocycles. The summed E-state index contributed by atoms with van der Waals surface area (Å²) in [4.78, 5) is 11.4. The van der Waals surface area contributed by atoms with E-state index in [1.165, 1.54) is 7.11 Å². The lowest BCUT2D eigenvalue weighted by atomic mass is 10.1. The van der Waals surface area contributed by atoms with E-state index in [0.29, 0.717) is 18.7 Å². The predicted octanol–water partition coefficient (Wildman–Crippen LogP) is 1.62. The fraction of sp³-hybridized carbons (Fsp3) is 0.357. The zero-order valence-corrected chi connectivity index (χ0v) is 12.9. The Labute approximate surface area is 127 Å². The van der Waals surface area contributed by atoms with Crippen LogP contribution in [0.15, 0.2) is 29.4 Å². The molecule has 1 heterocycles. The van der Waals surface area contributed by atoms with Gasteiger partial charge in [-0.15, -0.1) is 10.2 Å². The Hall–Kier alpha value is -1.86. The number of hydrogen-bond acceptors (Lipinski definition) is 6. The molecule has 7 heteroatoms.